The van der Waals surface area contributed by atoms with Crippen LogP contribution in [0.5, 0.6) is 0 Å². The highest BCUT2D eigenvalue weighted by atomic mass is 15.3. The first-order valence-electron chi connectivity index (χ1n) is 6.56. The van der Waals surface area contributed by atoms with Crippen LogP contribution in [-0.2, 0) is 6.54 Å². The summed E-state index contributed by atoms with van der Waals surface area (Å²) in [6, 6.07) is 1.61. The molecule has 0 amide bonds. The van der Waals surface area contributed by atoms with Gasteiger partial charge in [0.1, 0.15) is 0 Å². The van der Waals surface area contributed by atoms with E-state index >= 15 is 0 Å². The number of rotatable bonds is 3. The van der Waals surface area contributed by atoms with E-state index in [9.17, 15) is 0 Å². The Morgan fingerprint density at radius 3 is 2.53 bits per heavy atom. The third kappa shape index (κ3) is 3.30. The molecule has 2 atom stereocenters. The molecule has 4 nitrogen and oxygen atoms in total. The molecule has 0 aromatic carbocycles. The molecular formula is C13H24N4. The maximum atomic E-state index is 4.39. The minimum atomic E-state index is 0.449. The summed E-state index contributed by atoms with van der Waals surface area (Å²) in [4.78, 5) is 2.51. The van der Waals surface area contributed by atoms with Gasteiger partial charge in [-0.3, -0.25) is 9.58 Å². The van der Waals surface area contributed by atoms with Crippen molar-refractivity contribution in [2.75, 3.05) is 13.1 Å². The zero-order valence-corrected chi connectivity index (χ0v) is 11.3. The summed E-state index contributed by atoms with van der Waals surface area (Å²) < 4.78 is 2.03. The molecule has 2 heterocycles. The smallest absolute Gasteiger partial charge is 0.0534 e. The summed E-state index contributed by atoms with van der Waals surface area (Å²) in [5.74, 6) is 0. The highest BCUT2D eigenvalue weighted by Crippen LogP contribution is 2.11. The molecule has 1 aromatic rings. The number of aromatic nitrogens is 2. The first kappa shape index (κ1) is 12.6. The molecule has 1 saturated heterocycles. The standard InChI is InChI=1S/C13H24N4/c1-10(2)17-9-13(5-14-17)8-16-6-11(3)15-12(4)7-16/h5,9-12,15H,6-8H2,1-4H3. The minimum absolute atomic E-state index is 0.449. The summed E-state index contributed by atoms with van der Waals surface area (Å²) in [5.41, 5.74) is 1.32. The van der Waals surface area contributed by atoms with E-state index in [-0.39, 0.29) is 0 Å². The van der Waals surface area contributed by atoms with Gasteiger partial charge in [-0.2, -0.15) is 5.10 Å². The molecule has 0 aliphatic carbocycles. The summed E-state index contributed by atoms with van der Waals surface area (Å²) >= 11 is 0. The zero-order valence-electron chi connectivity index (χ0n) is 11.3. The summed E-state index contributed by atoms with van der Waals surface area (Å²) in [7, 11) is 0. The van der Waals surface area contributed by atoms with Crippen molar-refractivity contribution in [1.29, 1.82) is 0 Å². The predicted molar refractivity (Wildman–Crippen MR) is 69.9 cm³/mol. The van der Waals surface area contributed by atoms with E-state index in [1.165, 1.54) is 5.56 Å². The molecule has 1 aliphatic rings. The van der Waals surface area contributed by atoms with Gasteiger partial charge < -0.3 is 5.32 Å². The third-order valence-corrected chi connectivity index (χ3v) is 3.22. The Bertz CT molecular complexity index is 348. The van der Waals surface area contributed by atoms with E-state index in [1.807, 2.05) is 10.9 Å². The Morgan fingerprint density at radius 2 is 2.00 bits per heavy atom. The van der Waals surface area contributed by atoms with Gasteiger partial charge in [0.15, 0.2) is 0 Å². The topological polar surface area (TPSA) is 33.1 Å². The number of nitrogens with one attached hydrogen (secondary N) is 1. The van der Waals surface area contributed by atoms with Gasteiger partial charge in [-0.15, -0.1) is 0 Å². The Labute approximate surface area is 104 Å². The molecule has 0 bridgehead atoms. The predicted octanol–water partition coefficient (Wildman–Crippen LogP) is 1.65. The number of hydrogen-bond acceptors (Lipinski definition) is 3. The zero-order chi connectivity index (χ0) is 12.4. The van der Waals surface area contributed by atoms with Crippen molar-refractivity contribution in [2.24, 2.45) is 0 Å². The van der Waals surface area contributed by atoms with Gasteiger partial charge >= 0.3 is 0 Å². The van der Waals surface area contributed by atoms with Crippen LogP contribution in [0.1, 0.15) is 39.3 Å². The van der Waals surface area contributed by atoms with Gasteiger partial charge in [0.25, 0.3) is 0 Å². The quantitative estimate of drug-likeness (QED) is 0.866. The van der Waals surface area contributed by atoms with Crippen LogP contribution in [0.4, 0.5) is 0 Å². The lowest BCUT2D eigenvalue weighted by atomic mass is 10.1. The largest absolute Gasteiger partial charge is 0.309 e. The summed E-state index contributed by atoms with van der Waals surface area (Å²) in [6.07, 6.45) is 4.17. The van der Waals surface area contributed by atoms with Crippen molar-refractivity contribution in [2.45, 2.75) is 52.4 Å². The van der Waals surface area contributed by atoms with E-state index < -0.39 is 0 Å². The average molecular weight is 236 g/mol. The molecule has 1 N–H and O–H groups in total. The molecule has 1 aromatic heterocycles. The van der Waals surface area contributed by atoms with Crippen molar-refractivity contribution >= 4 is 0 Å². The minimum Gasteiger partial charge on any atom is -0.309 e. The average Bonchev–Trinajstić information content (AvgIpc) is 2.64. The van der Waals surface area contributed by atoms with Gasteiger partial charge in [-0.1, -0.05) is 0 Å². The van der Waals surface area contributed by atoms with Crippen LogP contribution in [0.15, 0.2) is 12.4 Å². The summed E-state index contributed by atoms with van der Waals surface area (Å²) in [5, 5.41) is 7.95. The van der Waals surface area contributed by atoms with Gasteiger partial charge in [0, 0.05) is 49.5 Å². The Morgan fingerprint density at radius 1 is 1.35 bits per heavy atom. The second kappa shape index (κ2) is 5.19. The molecule has 0 radical (unpaired) electrons. The number of hydrogen-bond donors (Lipinski definition) is 1. The summed E-state index contributed by atoms with van der Waals surface area (Å²) in [6.45, 7) is 12.1. The van der Waals surface area contributed by atoms with Gasteiger partial charge in [0.2, 0.25) is 0 Å². The van der Waals surface area contributed by atoms with E-state index in [0.29, 0.717) is 18.1 Å². The Hall–Kier alpha value is -0.870. The molecule has 1 fully saturated rings. The first-order chi connectivity index (χ1) is 8.04. The SMILES string of the molecule is CC1CN(Cc2cnn(C(C)C)c2)CC(C)N1. The fourth-order valence-electron chi connectivity index (χ4n) is 2.57. The van der Waals surface area contributed by atoms with Crippen LogP contribution in [-0.4, -0.2) is 39.9 Å². The fourth-order valence-corrected chi connectivity index (χ4v) is 2.57. The maximum absolute atomic E-state index is 4.39. The molecule has 0 spiro atoms. The van der Waals surface area contributed by atoms with E-state index in [0.717, 1.165) is 19.6 Å². The van der Waals surface area contributed by atoms with Crippen LogP contribution in [0.25, 0.3) is 0 Å². The van der Waals surface area contributed by atoms with Crippen LogP contribution in [0.3, 0.4) is 0 Å². The lowest BCUT2D eigenvalue weighted by Gasteiger charge is -2.35. The van der Waals surface area contributed by atoms with Crippen LogP contribution in [0, 0.1) is 0 Å². The van der Waals surface area contributed by atoms with Gasteiger partial charge in [-0.05, 0) is 27.7 Å². The van der Waals surface area contributed by atoms with Crippen molar-refractivity contribution in [3.05, 3.63) is 18.0 Å². The van der Waals surface area contributed by atoms with Crippen molar-refractivity contribution in [1.82, 2.24) is 20.0 Å². The van der Waals surface area contributed by atoms with E-state index in [2.05, 4.69) is 49.2 Å². The highest BCUT2D eigenvalue weighted by molar-refractivity contribution is 5.05. The van der Waals surface area contributed by atoms with Crippen LogP contribution >= 0.6 is 0 Å². The first-order valence-corrected chi connectivity index (χ1v) is 6.56. The molecule has 96 valence electrons. The highest BCUT2D eigenvalue weighted by Gasteiger charge is 2.21. The van der Waals surface area contributed by atoms with Gasteiger partial charge in [-0.25, -0.2) is 0 Å². The third-order valence-electron chi connectivity index (χ3n) is 3.22. The normalized spacial score (nSPS) is 26.6. The second-order valence-electron chi connectivity index (χ2n) is 5.59. The maximum Gasteiger partial charge on any atom is 0.0534 e. The second-order valence-corrected chi connectivity index (χ2v) is 5.59. The fraction of sp³-hybridized carbons (Fsp3) is 0.769. The Balaban J connectivity index is 1.95. The molecule has 4 heteroatoms. The molecule has 1 aliphatic heterocycles. The van der Waals surface area contributed by atoms with Crippen LogP contribution in [0.2, 0.25) is 0 Å². The van der Waals surface area contributed by atoms with Crippen molar-refractivity contribution in [3.8, 4) is 0 Å². The lowest BCUT2D eigenvalue weighted by Crippen LogP contribution is -2.53. The molecular weight excluding hydrogens is 212 g/mol. The van der Waals surface area contributed by atoms with Gasteiger partial charge in [0.05, 0.1) is 6.20 Å². The van der Waals surface area contributed by atoms with Crippen molar-refractivity contribution < 1.29 is 0 Å². The lowest BCUT2D eigenvalue weighted by molar-refractivity contribution is 0.166. The molecule has 17 heavy (non-hydrogen) atoms. The molecule has 0 saturated carbocycles. The van der Waals surface area contributed by atoms with E-state index in [4.69, 9.17) is 0 Å². The number of piperazine rings is 1. The number of nitrogens with zero attached hydrogens (tertiary/aromatic N) is 3. The van der Waals surface area contributed by atoms with E-state index in [1.54, 1.807) is 0 Å². The molecule has 2 unspecified atom stereocenters. The Kier molecular flexibility index (Phi) is 3.84. The monoisotopic (exact) mass is 236 g/mol. The van der Waals surface area contributed by atoms with Crippen LogP contribution < -0.4 is 5.32 Å². The van der Waals surface area contributed by atoms with Crippen molar-refractivity contribution in [3.63, 3.8) is 0 Å². The molecule has 2 rings (SSSR count).